The van der Waals surface area contributed by atoms with Gasteiger partial charge in [0.15, 0.2) is 23.1 Å². The monoisotopic (exact) mass is 371 g/mol. The Morgan fingerprint density at radius 1 is 1.26 bits per heavy atom. The highest BCUT2D eigenvalue weighted by Crippen LogP contribution is 2.35. The van der Waals surface area contributed by atoms with Crippen LogP contribution in [0.5, 0.6) is 11.5 Å². The third kappa shape index (κ3) is 3.43. The minimum atomic E-state index is -1.13. The SMILES string of the molecule is CN1OC(C)(CC(=O)Nc2ccc3c(c2)OCO3)N=C1c1ccccc1F. The lowest BCUT2D eigenvalue weighted by Gasteiger charge is -2.21. The van der Waals surface area contributed by atoms with E-state index in [0.717, 1.165) is 0 Å². The number of amidine groups is 1. The van der Waals surface area contributed by atoms with Crippen molar-refractivity contribution in [3.8, 4) is 11.5 Å². The summed E-state index contributed by atoms with van der Waals surface area (Å²) in [5.41, 5.74) is -0.232. The number of ether oxygens (including phenoxy) is 2. The van der Waals surface area contributed by atoms with E-state index < -0.39 is 11.5 Å². The maximum Gasteiger partial charge on any atom is 0.231 e. The molecular weight excluding hydrogens is 353 g/mol. The molecule has 4 rings (SSSR count). The van der Waals surface area contributed by atoms with Crippen molar-refractivity contribution in [1.82, 2.24) is 5.06 Å². The Balaban J connectivity index is 1.48. The molecule has 0 aliphatic carbocycles. The fraction of sp³-hybridized carbons (Fsp3) is 0.263. The van der Waals surface area contributed by atoms with Gasteiger partial charge in [0.05, 0.1) is 12.0 Å². The zero-order valence-corrected chi connectivity index (χ0v) is 14.9. The molecule has 1 N–H and O–H groups in total. The molecule has 0 spiro atoms. The molecule has 0 bridgehead atoms. The predicted octanol–water partition coefficient (Wildman–Crippen LogP) is 2.92. The van der Waals surface area contributed by atoms with Crippen molar-refractivity contribution in [3.05, 3.63) is 53.8 Å². The summed E-state index contributed by atoms with van der Waals surface area (Å²) in [6.07, 6.45) is -0.0380. The molecule has 2 aromatic carbocycles. The molecule has 1 unspecified atom stereocenters. The van der Waals surface area contributed by atoms with E-state index in [4.69, 9.17) is 14.3 Å². The minimum Gasteiger partial charge on any atom is -0.454 e. The van der Waals surface area contributed by atoms with E-state index in [1.165, 1.54) is 11.1 Å². The number of halogens is 1. The fourth-order valence-corrected chi connectivity index (χ4v) is 3.07. The first kappa shape index (κ1) is 17.3. The molecule has 8 heteroatoms. The molecular formula is C19H18FN3O4. The summed E-state index contributed by atoms with van der Waals surface area (Å²) in [6, 6.07) is 11.4. The largest absolute Gasteiger partial charge is 0.454 e. The first-order valence-electron chi connectivity index (χ1n) is 8.41. The topological polar surface area (TPSA) is 72.4 Å². The maximum absolute atomic E-state index is 14.1. The number of nitrogens with zero attached hydrogens (tertiary/aromatic N) is 2. The summed E-state index contributed by atoms with van der Waals surface area (Å²) in [7, 11) is 1.63. The van der Waals surface area contributed by atoms with Gasteiger partial charge in [-0.3, -0.25) is 4.79 Å². The van der Waals surface area contributed by atoms with Crippen LogP contribution in [0.4, 0.5) is 10.1 Å². The quantitative estimate of drug-likeness (QED) is 0.895. The number of aliphatic imine (C=N–C) groups is 1. The van der Waals surface area contributed by atoms with Crippen LogP contribution in [0.2, 0.25) is 0 Å². The van der Waals surface area contributed by atoms with E-state index in [1.54, 1.807) is 50.4 Å². The summed E-state index contributed by atoms with van der Waals surface area (Å²) >= 11 is 0. The number of nitrogens with one attached hydrogen (secondary N) is 1. The molecule has 2 aliphatic heterocycles. The van der Waals surface area contributed by atoms with Crippen LogP contribution >= 0.6 is 0 Å². The molecule has 27 heavy (non-hydrogen) atoms. The van der Waals surface area contributed by atoms with Gasteiger partial charge in [0.25, 0.3) is 0 Å². The van der Waals surface area contributed by atoms with Crippen LogP contribution in [0.3, 0.4) is 0 Å². The smallest absolute Gasteiger partial charge is 0.231 e. The van der Waals surface area contributed by atoms with Gasteiger partial charge in [-0.2, -0.15) is 0 Å². The number of fused-ring (bicyclic) bond motifs is 1. The van der Waals surface area contributed by atoms with Gasteiger partial charge in [-0.15, -0.1) is 0 Å². The molecule has 2 aliphatic rings. The second kappa shape index (κ2) is 6.55. The van der Waals surface area contributed by atoms with E-state index >= 15 is 0 Å². The summed E-state index contributed by atoms with van der Waals surface area (Å²) < 4.78 is 24.6. The van der Waals surface area contributed by atoms with Crippen molar-refractivity contribution in [2.75, 3.05) is 19.2 Å². The van der Waals surface area contributed by atoms with Gasteiger partial charge >= 0.3 is 0 Å². The van der Waals surface area contributed by atoms with Crippen LogP contribution in [0.25, 0.3) is 0 Å². The summed E-state index contributed by atoms with van der Waals surface area (Å²) in [6.45, 7) is 1.84. The predicted molar refractivity (Wildman–Crippen MR) is 96.0 cm³/mol. The molecule has 0 saturated carbocycles. The van der Waals surface area contributed by atoms with Gasteiger partial charge in [-0.25, -0.2) is 19.3 Å². The van der Waals surface area contributed by atoms with Crippen LogP contribution in [0.1, 0.15) is 18.9 Å². The molecule has 2 aromatic rings. The highest BCUT2D eigenvalue weighted by molar-refractivity contribution is 6.00. The Bertz CT molecular complexity index is 933. The number of hydrogen-bond acceptors (Lipinski definition) is 6. The van der Waals surface area contributed by atoms with Gasteiger partial charge in [-0.1, -0.05) is 12.1 Å². The lowest BCUT2D eigenvalue weighted by molar-refractivity contribution is -0.164. The van der Waals surface area contributed by atoms with Crippen molar-refractivity contribution >= 4 is 17.4 Å². The van der Waals surface area contributed by atoms with Crippen LogP contribution in [-0.2, 0) is 9.63 Å². The number of carbonyl (C=O) groups is 1. The maximum atomic E-state index is 14.1. The van der Waals surface area contributed by atoms with E-state index in [-0.39, 0.29) is 19.1 Å². The van der Waals surface area contributed by atoms with Crippen LogP contribution in [-0.4, -0.2) is 36.4 Å². The van der Waals surface area contributed by atoms with Crippen LogP contribution in [0.15, 0.2) is 47.5 Å². The number of anilines is 1. The molecule has 0 saturated heterocycles. The zero-order chi connectivity index (χ0) is 19.0. The first-order chi connectivity index (χ1) is 12.9. The highest BCUT2D eigenvalue weighted by atomic mass is 19.1. The number of hydrogen-bond donors (Lipinski definition) is 1. The van der Waals surface area contributed by atoms with Gasteiger partial charge < -0.3 is 14.8 Å². The molecule has 2 heterocycles. The number of hydroxylamine groups is 2. The Morgan fingerprint density at radius 2 is 2.04 bits per heavy atom. The molecule has 140 valence electrons. The Kier molecular flexibility index (Phi) is 4.19. The number of carbonyl (C=O) groups excluding carboxylic acids is 1. The minimum absolute atomic E-state index is 0.0380. The van der Waals surface area contributed by atoms with Gasteiger partial charge in [-0.05, 0) is 31.2 Å². The molecule has 0 radical (unpaired) electrons. The van der Waals surface area contributed by atoms with E-state index in [9.17, 15) is 9.18 Å². The average Bonchev–Trinajstić information content (AvgIpc) is 3.18. The second-order valence-corrected chi connectivity index (χ2v) is 6.47. The van der Waals surface area contributed by atoms with Crippen molar-refractivity contribution < 1.29 is 23.5 Å². The first-order valence-corrected chi connectivity index (χ1v) is 8.41. The van der Waals surface area contributed by atoms with E-state index in [1.807, 2.05) is 0 Å². The average molecular weight is 371 g/mol. The molecule has 0 aromatic heterocycles. The molecule has 1 amide bonds. The number of rotatable bonds is 4. The number of amides is 1. The lowest BCUT2D eigenvalue weighted by atomic mass is 10.1. The van der Waals surface area contributed by atoms with Crippen LogP contribution in [0, 0.1) is 5.82 Å². The molecule has 7 nitrogen and oxygen atoms in total. The standard InChI is InChI=1S/C19H18FN3O4/c1-19(22-18(23(2)27-19)13-5-3-4-6-14(13)20)10-17(24)21-12-7-8-15-16(9-12)26-11-25-15/h3-9H,10-11H2,1-2H3,(H,21,24). The number of benzene rings is 2. The molecule has 0 fully saturated rings. The Labute approximate surface area is 155 Å². The van der Waals surface area contributed by atoms with Crippen molar-refractivity contribution in [3.63, 3.8) is 0 Å². The summed E-state index contributed by atoms with van der Waals surface area (Å²) in [5, 5.41) is 4.17. The summed E-state index contributed by atoms with van der Waals surface area (Å²) in [5.74, 6) is 0.867. The Hall–Kier alpha value is -3.13. The Morgan fingerprint density at radius 3 is 2.85 bits per heavy atom. The van der Waals surface area contributed by atoms with Crippen molar-refractivity contribution in [1.29, 1.82) is 0 Å². The highest BCUT2D eigenvalue weighted by Gasteiger charge is 2.38. The van der Waals surface area contributed by atoms with Crippen molar-refractivity contribution in [2.24, 2.45) is 4.99 Å². The zero-order valence-electron chi connectivity index (χ0n) is 14.9. The second-order valence-electron chi connectivity index (χ2n) is 6.47. The third-order valence-corrected chi connectivity index (χ3v) is 4.23. The van der Waals surface area contributed by atoms with Crippen LogP contribution < -0.4 is 14.8 Å². The van der Waals surface area contributed by atoms with E-state index in [2.05, 4.69) is 10.3 Å². The molecule has 1 atom stereocenters. The lowest BCUT2D eigenvalue weighted by Crippen LogP contribution is -2.32. The van der Waals surface area contributed by atoms with Gasteiger partial charge in [0.2, 0.25) is 12.7 Å². The third-order valence-electron chi connectivity index (χ3n) is 4.23. The summed E-state index contributed by atoms with van der Waals surface area (Å²) in [4.78, 5) is 22.6. The normalized spacial score (nSPS) is 20.6. The van der Waals surface area contributed by atoms with Gasteiger partial charge in [0, 0.05) is 18.8 Å². The van der Waals surface area contributed by atoms with E-state index in [0.29, 0.717) is 28.6 Å². The van der Waals surface area contributed by atoms with Gasteiger partial charge in [0.1, 0.15) is 5.82 Å². The van der Waals surface area contributed by atoms with Crippen molar-refractivity contribution in [2.45, 2.75) is 19.1 Å². The fourth-order valence-electron chi connectivity index (χ4n) is 3.07.